The second kappa shape index (κ2) is 7.15. The Morgan fingerprint density at radius 2 is 1.83 bits per heavy atom. The summed E-state index contributed by atoms with van der Waals surface area (Å²) in [5, 5.41) is 18.7. The Balaban J connectivity index is 2.11. The van der Waals surface area contributed by atoms with Gasteiger partial charge in [-0.3, -0.25) is 9.69 Å². The van der Waals surface area contributed by atoms with Crippen LogP contribution in [0.25, 0.3) is 0 Å². The molecule has 1 fully saturated rings. The van der Waals surface area contributed by atoms with Crippen molar-refractivity contribution in [1.82, 2.24) is 0 Å². The lowest BCUT2D eigenvalue weighted by Gasteiger charge is -2.33. The normalized spacial score (nSPS) is 18.8. The molecule has 1 aliphatic rings. The van der Waals surface area contributed by atoms with Gasteiger partial charge in [0.15, 0.2) is 5.50 Å². The van der Waals surface area contributed by atoms with Gasteiger partial charge < -0.3 is 10.0 Å². The van der Waals surface area contributed by atoms with Gasteiger partial charge in [-0.15, -0.1) is 12.6 Å². The van der Waals surface area contributed by atoms with Gasteiger partial charge in [0, 0.05) is 11.4 Å². The summed E-state index contributed by atoms with van der Waals surface area (Å²) < 4.78 is 40.5. The molecule has 1 aliphatic heterocycles. The molecule has 0 radical (unpaired) electrons. The highest BCUT2D eigenvalue weighted by Crippen LogP contribution is 2.43. The second-order valence-electron chi connectivity index (χ2n) is 6.93. The van der Waals surface area contributed by atoms with Crippen LogP contribution in [0.15, 0.2) is 40.9 Å². The van der Waals surface area contributed by atoms with Crippen molar-refractivity contribution in [3.05, 3.63) is 52.0 Å². The lowest BCUT2D eigenvalue weighted by atomic mass is 10.0. The number of anilines is 2. The first kappa shape index (κ1) is 21.3. The molecule has 5 nitrogen and oxygen atoms in total. The van der Waals surface area contributed by atoms with Gasteiger partial charge in [0.05, 0.1) is 21.7 Å². The number of nitriles is 1. The summed E-state index contributed by atoms with van der Waals surface area (Å²) in [6.45, 7) is 3.27. The van der Waals surface area contributed by atoms with Crippen LogP contribution in [0.4, 0.5) is 24.5 Å². The molecule has 0 saturated carbocycles. The number of hydrogen-bond donors (Lipinski definition) is 2. The molecule has 0 bridgehead atoms. The van der Waals surface area contributed by atoms with Crippen molar-refractivity contribution in [2.75, 3.05) is 9.80 Å². The van der Waals surface area contributed by atoms with Crippen LogP contribution in [-0.4, -0.2) is 22.1 Å². The van der Waals surface area contributed by atoms with E-state index in [0.717, 1.165) is 17.0 Å². The highest BCUT2D eigenvalue weighted by molar-refractivity contribution is 9.10. The average Bonchev–Trinajstić information content (AvgIpc) is 2.81. The zero-order valence-electron chi connectivity index (χ0n) is 15.2. The minimum absolute atomic E-state index is 0.00608. The molecule has 3 rings (SSSR count). The first-order chi connectivity index (χ1) is 13.4. The van der Waals surface area contributed by atoms with E-state index in [2.05, 4.69) is 28.6 Å². The second-order valence-corrected chi connectivity index (χ2v) is 8.24. The molecular formula is C19H15BrF3N3O2S. The number of carbonyl (C=O) groups excluding carboxylic acids is 1. The first-order valence-corrected chi connectivity index (χ1v) is 9.61. The largest absolute Gasteiger partial charge is 0.507 e. The summed E-state index contributed by atoms with van der Waals surface area (Å²) in [6.07, 6.45) is -4.74. The Morgan fingerprint density at radius 3 is 2.38 bits per heavy atom. The zero-order chi connectivity index (χ0) is 21.7. The molecule has 0 aliphatic carbocycles. The Hall–Kier alpha value is -2.38. The first-order valence-electron chi connectivity index (χ1n) is 8.30. The summed E-state index contributed by atoms with van der Waals surface area (Å²) in [7, 11) is 0. The molecule has 1 N–H and O–H groups in total. The molecule has 29 heavy (non-hydrogen) atoms. The van der Waals surface area contributed by atoms with Crippen LogP contribution in [0.5, 0.6) is 5.75 Å². The van der Waals surface area contributed by atoms with Crippen LogP contribution < -0.4 is 9.80 Å². The summed E-state index contributed by atoms with van der Waals surface area (Å²) in [5.41, 5.74) is -3.16. The van der Waals surface area contributed by atoms with E-state index in [1.807, 2.05) is 0 Å². The molecule has 1 atom stereocenters. The topological polar surface area (TPSA) is 67.6 Å². The fraction of sp³-hybridized carbons (Fsp3) is 0.263. The molecule has 0 aromatic heterocycles. The van der Waals surface area contributed by atoms with Gasteiger partial charge in [0.2, 0.25) is 0 Å². The molecule has 1 unspecified atom stereocenters. The number of phenols is 1. The van der Waals surface area contributed by atoms with E-state index >= 15 is 0 Å². The molecular weight excluding hydrogens is 471 g/mol. The number of benzene rings is 2. The minimum Gasteiger partial charge on any atom is -0.507 e. The predicted octanol–water partition coefficient (Wildman–Crippen LogP) is 4.89. The molecule has 1 amide bonds. The van der Waals surface area contributed by atoms with E-state index in [1.54, 1.807) is 30.9 Å². The number of nitrogens with zero attached hydrogens (tertiary/aromatic N) is 3. The SMILES string of the molecule is CC1(C)C(=O)N(c2ccc(C#N)c(C(F)(F)F)c2)C(S)N1c1ccc(O)c(Br)c1. The molecule has 0 spiro atoms. The monoisotopic (exact) mass is 485 g/mol. The minimum atomic E-state index is -4.74. The molecule has 2 aromatic rings. The summed E-state index contributed by atoms with van der Waals surface area (Å²) >= 11 is 7.72. The van der Waals surface area contributed by atoms with Gasteiger partial charge in [-0.25, -0.2) is 0 Å². The van der Waals surface area contributed by atoms with E-state index in [1.165, 1.54) is 18.2 Å². The average molecular weight is 486 g/mol. The van der Waals surface area contributed by atoms with Crippen LogP contribution in [-0.2, 0) is 11.0 Å². The van der Waals surface area contributed by atoms with Crippen LogP contribution in [0.3, 0.4) is 0 Å². The number of alkyl halides is 3. The molecule has 152 valence electrons. The van der Waals surface area contributed by atoms with Crippen molar-refractivity contribution >= 4 is 45.8 Å². The smallest absolute Gasteiger partial charge is 0.417 e. The number of aromatic hydroxyl groups is 1. The standard InChI is InChI=1S/C19H15BrF3N3O2S/c1-18(2)16(28)25(11-4-3-10(9-24)13(7-11)19(21,22)23)17(29)26(18)12-5-6-15(27)14(20)8-12/h3-8,17,27,29H,1-2H3. The number of hydrogen-bond acceptors (Lipinski definition) is 5. The predicted molar refractivity (Wildman–Crippen MR) is 109 cm³/mol. The van der Waals surface area contributed by atoms with E-state index in [4.69, 9.17) is 5.26 Å². The van der Waals surface area contributed by atoms with Crippen LogP contribution in [0.2, 0.25) is 0 Å². The maximum absolute atomic E-state index is 13.4. The Labute approximate surface area is 178 Å². The van der Waals surface area contributed by atoms with Gasteiger partial charge in [0.1, 0.15) is 11.3 Å². The molecule has 1 saturated heterocycles. The third kappa shape index (κ3) is 3.53. The summed E-state index contributed by atoms with van der Waals surface area (Å²) in [4.78, 5) is 15.9. The van der Waals surface area contributed by atoms with Gasteiger partial charge in [0.25, 0.3) is 5.91 Å². The van der Waals surface area contributed by atoms with Crippen molar-refractivity contribution in [1.29, 1.82) is 5.26 Å². The molecule has 2 aromatic carbocycles. The third-order valence-electron chi connectivity index (χ3n) is 4.72. The van der Waals surface area contributed by atoms with Gasteiger partial charge in [-0.1, -0.05) is 0 Å². The molecule has 1 heterocycles. The zero-order valence-corrected chi connectivity index (χ0v) is 17.7. The fourth-order valence-corrected chi connectivity index (χ4v) is 4.30. The fourth-order valence-electron chi connectivity index (χ4n) is 3.27. The van der Waals surface area contributed by atoms with Crippen molar-refractivity contribution < 1.29 is 23.1 Å². The van der Waals surface area contributed by atoms with E-state index in [0.29, 0.717) is 10.2 Å². The Kier molecular flexibility index (Phi) is 5.26. The lowest BCUT2D eigenvalue weighted by molar-refractivity contribution is -0.137. The highest BCUT2D eigenvalue weighted by Gasteiger charge is 2.51. The highest BCUT2D eigenvalue weighted by atomic mass is 79.9. The number of phenolic OH excluding ortho intramolecular Hbond substituents is 1. The van der Waals surface area contributed by atoms with Crippen LogP contribution in [0, 0.1) is 11.3 Å². The maximum atomic E-state index is 13.4. The number of rotatable bonds is 2. The Bertz CT molecular complexity index is 1040. The summed E-state index contributed by atoms with van der Waals surface area (Å²) in [6, 6.07) is 9.26. The van der Waals surface area contributed by atoms with Crippen molar-refractivity contribution in [2.24, 2.45) is 0 Å². The quantitative estimate of drug-likeness (QED) is 0.594. The van der Waals surface area contributed by atoms with Gasteiger partial charge in [-0.05, 0) is 66.2 Å². The van der Waals surface area contributed by atoms with Gasteiger partial charge in [-0.2, -0.15) is 18.4 Å². The third-order valence-corrected chi connectivity index (χ3v) is 5.82. The van der Waals surface area contributed by atoms with Crippen molar-refractivity contribution in [3.63, 3.8) is 0 Å². The van der Waals surface area contributed by atoms with Gasteiger partial charge >= 0.3 is 6.18 Å². The number of amides is 1. The lowest BCUT2D eigenvalue weighted by Crippen LogP contribution is -2.44. The van der Waals surface area contributed by atoms with E-state index in [9.17, 15) is 23.1 Å². The van der Waals surface area contributed by atoms with Crippen molar-refractivity contribution in [3.8, 4) is 11.8 Å². The number of halogens is 4. The Morgan fingerprint density at radius 1 is 1.21 bits per heavy atom. The van der Waals surface area contributed by atoms with Crippen LogP contribution in [0.1, 0.15) is 25.0 Å². The van der Waals surface area contributed by atoms with E-state index in [-0.39, 0.29) is 11.4 Å². The maximum Gasteiger partial charge on any atom is 0.417 e. The molecule has 10 heteroatoms. The number of thiol groups is 1. The van der Waals surface area contributed by atoms with Crippen LogP contribution >= 0.6 is 28.6 Å². The number of carbonyl (C=O) groups is 1. The van der Waals surface area contributed by atoms with E-state index < -0.39 is 34.2 Å². The summed E-state index contributed by atoms with van der Waals surface area (Å²) in [5.74, 6) is -0.453. The van der Waals surface area contributed by atoms with Crippen molar-refractivity contribution in [2.45, 2.75) is 31.1 Å².